The van der Waals surface area contributed by atoms with Crippen LogP contribution in [0.5, 0.6) is 0 Å². The van der Waals surface area contributed by atoms with Gasteiger partial charge in [-0.2, -0.15) is 0 Å². The number of carbonyl (C=O) groups is 1. The van der Waals surface area contributed by atoms with Crippen LogP contribution in [0.3, 0.4) is 0 Å². The van der Waals surface area contributed by atoms with Gasteiger partial charge in [-0.3, -0.25) is 9.79 Å². The molecule has 1 aromatic carbocycles. The number of aliphatic imine (C=N–C) groups is 1. The molecule has 122 valence electrons. The van der Waals surface area contributed by atoms with Gasteiger partial charge in [0.2, 0.25) is 0 Å². The lowest BCUT2D eigenvalue weighted by Crippen LogP contribution is -2.38. The van der Waals surface area contributed by atoms with Gasteiger partial charge in [-0.1, -0.05) is 29.8 Å². The molecule has 0 spiro atoms. The van der Waals surface area contributed by atoms with Crippen molar-refractivity contribution in [3.63, 3.8) is 0 Å². The Morgan fingerprint density at radius 1 is 1.35 bits per heavy atom. The summed E-state index contributed by atoms with van der Waals surface area (Å²) < 4.78 is 5.31. The Morgan fingerprint density at radius 3 is 2.70 bits per heavy atom. The number of hydrogen-bond donors (Lipinski definition) is 3. The van der Waals surface area contributed by atoms with Crippen LogP contribution >= 0.6 is 11.6 Å². The highest BCUT2D eigenvalue weighted by atomic mass is 35.5. The number of primary amides is 1. The molecule has 0 bridgehead atoms. The monoisotopic (exact) mass is 334 g/mol. The van der Waals surface area contributed by atoms with Crippen LogP contribution in [0.4, 0.5) is 0 Å². The summed E-state index contributed by atoms with van der Waals surface area (Å²) in [5.41, 5.74) is 6.13. The van der Waals surface area contributed by atoms with E-state index in [0.717, 1.165) is 5.56 Å². The minimum Gasteiger partial charge on any atom is -0.454 e. The standard InChI is InChI=1S/C16H19ClN4O2/c1-10(12-5-3-4-6-13(12)17)21-16(19-2)20-9-11-7-8-14(23-11)15(18)22/h3-8,10H,9H2,1-2H3,(H2,18,22)(H2,19,20,21). The van der Waals surface area contributed by atoms with Gasteiger partial charge >= 0.3 is 0 Å². The zero-order valence-corrected chi connectivity index (χ0v) is 13.7. The molecular weight excluding hydrogens is 316 g/mol. The van der Waals surface area contributed by atoms with Crippen molar-refractivity contribution in [2.24, 2.45) is 10.7 Å². The third-order valence-electron chi connectivity index (χ3n) is 3.28. The Hall–Kier alpha value is -2.47. The minimum atomic E-state index is -0.592. The molecule has 0 aliphatic heterocycles. The summed E-state index contributed by atoms with van der Waals surface area (Å²) in [6, 6.07) is 10.8. The van der Waals surface area contributed by atoms with Crippen molar-refractivity contribution in [1.29, 1.82) is 0 Å². The molecule has 0 saturated heterocycles. The Labute approximate surface area is 139 Å². The maximum atomic E-state index is 11.0. The van der Waals surface area contributed by atoms with Crippen LogP contribution in [0.1, 0.15) is 34.8 Å². The molecule has 1 amide bonds. The Bertz CT molecular complexity index is 712. The number of rotatable bonds is 5. The molecule has 1 atom stereocenters. The number of nitrogens with one attached hydrogen (secondary N) is 2. The van der Waals surface area contributed by atoms with Crippen molar-refractivity contribution in [1.82, 2.24) is 10.6 Å². The molecule has 2 rings (SSSR count). The second kappa shape index (κ2) is 7.69. The fourth-order valence-corrected chi connectivity index (χ4v) is 2.38. The summed E-state index contributed by atoms with van der Waals surface area (Å²) in [5.74, 6) is 0.724. The first-order chi connectivity index (χ1) is 11.0. The quantitative estimate of drug-likeness (QED) is 0.578. The highest BCUT2D eigenvalue weighted by Crippen LogP contribution is 2.21. The largest absolute Gasteiger partial charge is 0.454 e. The lowest BCUT2D eigenvalue weighted by molar-refractivity contribution is 0.0972. The fraction of sp³-hybridized carbons (Fsp3) is 0.250. The summed E-state index contributed by atoms with van der Waals surface area (Å²) in [7, 11) is 1.67. The van der Waals surface area contributed by atoms with E-state index in [9.17, 15) is 4.79 Å². The average Bonchev–Trinajstić information content (AvgIpc) is 3.00. The molecule has 23 heavy (non-hydrogen) atoms. The number of nitrogens with zero attached hydrogens (tertiary/aromatic N) is 1. The Kier molecular flexibility index (Phi) is 5.65. The number of nitrogens with two attached hydrogens (primary N) is 1. The number of carbonyl (C=O) groups excluding carboxylic acids is 1. The third-order valence-corrected chi connectivity index (χ3v) is 3.63. The van der Waals surface area contributed by atoms with E-state index in [1.165, 1.54) is 0 Å². The van der Waals surface area contributed by atoms with Crippen molar-refractivity contribution < 1.29 is 9.21 Å². The summed E-state index contributed by atoms with van der Waals surface area (Å²) >= 11 is 6.19. The molecule has 4 N–H and O–H groups in total. The molecule has 0 saturated carbocycles. The smallest absolute Gasteiger partial charge is 0.284 e. The number of hydrogen-bond acceptors (Lipinski definition) is 3. The summed E-state index contributed by atoms with van der Waals surface area (Å²) in [4.78, 5) is 15.2. The average molecular weight is 335 g/mol. The molecule has 2 aromatic rings. The molecule has 1 heterocycles. The topological polar surface area (TPSA) is 92.6 Å². The number of benzene rings is 1. The normalized spacial score (nSPS) is 12.7. The third kappa shape index (κ3) is 4.50. The molecular formula is C16H19ClN4O2. The molecule has 0 fully saturated rings. The van der Waals surface area contributed by atoms with Gasteiger partial charge in [-0.25, -0.2) is 0 Å². The lowest BCUT2D eigenvalue weighted by Gasteiger charge is -2.18. The van der Waals surface area contributed by atoms with Crippen LogP contribution < -0.4 is 16.4 Å². The van der Waals surface area contributed by atoms with E-state index in [1.54, 1.807) is 19.2 Å². The summed E-state index contributed by atoms with van der Waals surface area (Å²) in [6.45, 7) is 2.37. The molecule has 0 radical (unpaired) electrons. The summed E-state index contributed by atoms with van der Waals surface area (Å²) in [6.07, 6.45) is 0. The van der Waals surface area contributed by atoms with E-state index in [4.69, 9.17) is 21.8 Å². The second-order valence-corrected chi connectivity index (χ2v) is 5.35. The van der Waals surface area contributed by atoms with Gasteiger partial charge in [0.15, 0.2) is 11.7 Å². The van der Waals surface area contributed by atoms with Crippen molar-refractivity contribution >= 4 is 23.5 Å². The van der Waals surface area contributed by atoms with Crippen LogP contribution in [0.15, 0.2) is 45.8 Å². The first kappa shape index (κ1) is 16.9. The van der Waals surface area contributed by atoms with Gasteiger partial charge in [-0.05, 0) is 30.7 Å². The van der Waals surface area contributed by atoms with E-state index >= 15 is 0 Å². The highest BCUT2D eigenvalue weighted by molar-refractivity contribution is 6.31. The maximum Gasteiger partial charge on any atom is 0.284 e. The van der Waals surface area contributed by atoms with E-state index in [-0.39, 0.29) is 11.8 Å². The first-order valence-electron chi connectivity index (χ1n) is 7.11. The fourth-order valence-electron chi connectivity index (χ4n) is 2.08. The van der Waals surface area contributed by atoms with Gasteiger partial charge in [0, 0.05) is 12.1 Å². The van der Waals surface area contributed by atoms with Gasteiger partial charge < -0.3 is 20.8 Å². The zero-order chi connectivity index (χ0) is 16.8. The van der Waals surface area contributed by atoms with Crippen LogP contribution in [-0.4, -0.2) is 18.9 Å². The predicted octanol–water partition coefficient (Wildman–Crippen LogP) is 2.46. The molecule has 1 aromatic heterocycles. The van der Waals surface area contributed by atoms with Crippen LogP contribution in [0.2, 0.25) is 5.02 Å². The molecule has 7 heteroatoms. The van der Waals surface area contributed by atoms with Crippen molar-refractivity contribution in [3.8, 4) is 0 Å². The van der Waals surface area contributed by atoms with E-state index < -0.39 is 5.91 Å². The summed E-state index contributed by atoms with van der Waals surface area (Å²) in [5, 5.41) is 7.05. The lowest BCUT2D eigenvalue weighted by atomic mass is 10.1. The van der Waals surface area contributed by atoms with Crippen LogP contribution in [0, 0.1) is 0 Å². The molecule has 6 nitrogen and oxygen atoms in total. The predicted molar refractivity (Wildman–Crippen MR) is 90.4 cm³/mol. The van der Waals surface area contributed by atoms with Crippen molar-refractivity contribution in [3.05, 3.63) is 58.5 Å². The van der Waals surface area contributed by atoms with Crippen molar-refractivity contribution in [2.45, 2.75) is 19.5 Å². The van der Waals surface area contributed by atoms with E-state index in [2.05, 4.69) is 15.6 Å². The minimum absolute atomic E-state index is 0.0207. The number of guanidine groups is 1. The first-order valence-corrected chi connectivity index (χ1v) is 7.49. The van der Waals surface area contributed by atoms with Crippen LogP contribution in [-0.2, 0) is 6.54 Å². The van der Waals surface area contributed by atoms with Gasteiger partial charge in [-0.15, -0.1) is 0 Å². The SMILES string of the molecule is CN=C(NCc1ccc(C(N)=O)o1)NC(C)c1ccccc1Cl. The number of furan rings is 1. The maximum absolute atomic E-state index is 11.0. The van der Waals surface area contributed by atoms with Crippen LogP contribution in [0.25, 0.3) is 0 Å². The zero-order valence-electron chi connectivity index (χ0n) is 13.0. The Morgan fingerprint density at radius 2 is 2.09 bits per heavy atom. The van der Waals surface area contributed by atoms with Crippen molar-refractivity contribution in [2.75, 3.05) is 7.05 Å². The molecule has 0 aliphatic rings. The van der Waals surface area contributed by atoms with Gasteiger partial charge in [0.25, 0.3) is 5.91 Å². The van der Waals surface area contributed by atoms with Gasteiger partial charge in [0.1, 0.15) is 5.76 Å². The van der Waals surface area contributed by atoms with Gasteiger partial charge in [0.05, 0.1) is 12.6 Å². The Balaban J connectivity index is 1.95. The highest BCUT2D eigenvalue weighted by Gasteiger charge is 2.12. The molecule has 1 unspecified atom stereocenters. The van der Waals surface area contributed by atoms with E-state index in [1.807, 2.05) is 31.2 Å². The van der Waals surface area contributed by atoms with E-state index in [0.29, 0.717) is 23.3 Å². The number of amides is 1. The second-order valence-electron chi connectivity index (χ2n) is 4.94. The number of halogens is 1. The molecule has 0 aliphatic carbocycles.